The summed E-state index contributed by atoms with van der Waals surface area (Å²) in [5, 5.41) is 0. The van der Waals surface area contributed by atoms with Crippen LogP contribution in [0.15, 0.2) is 11.6 Å². The number of hydrogen-bond donors (Lipinski definition) is 0. The molecule has 32 heavy (non-hydrogen) atoms. The second-order valence-electron chi connectivity index (χ2n) is 12.7. The van der Waals surface area contributed by atoms with Gasteiger partial charge in [-0.05, 0) is 85.0 Å². The first-order chi connectivity index (χ1) is 15.1. The van der Waals surface area contributed by atoms with Crippen LogP contribution < -0.4 is 0 Å². The van der Waals surface area contributed by atoms with Crippen LogP contribution in [0.1, 0.15) is 106 Å². The van der Waals surface area contributed by atoms with E-state index in [0.717, 1.165) is 37.0 Å². The van der Waals surface area contributed by atoms with E-state index < -0.39 is 0 Å². The Balaban J connectivity index is 1.52. The molecule has 4 rings (SSSR count). The number of rotatable bonds is 6. The highest BCUT2D eigenvalue weighted by molar-refractivity contribution is 5.94. The van der Waals surface area contributed by atoms with E-state index in [0.29, 0.717) is 23.0 Å². The van der Waals surface area contributed by atoms with Gasteiger partial charge in [-0.25, -0.2) is 0 Å². The van der Waals surface area contributed by atoms with Gasteiger partial charge in [0.2, 0.25) is 0 Å². The second-order valence-corrected chi connectivity index (χ2v) is 12.7. The highest BCUT2D eigenvalue weighted by atomic mass is 16.5. The van der Waals surface area contributed by atoms with E-state index in [1.54, 1.807) is 0 Å². The van der Waals surface area contributed by atoms with Gasteiger partial charge in [-0.2, -0.15) is 0 Å². The summed E-state index contributed by atoms with van der Waals surface area (Å²) in [6.45, 7) is 13.6. The molecule has 0 spiro atoms. The average molecular weight is 443 g/mol. The largest absolute Gasteiger partial charge is 0.462 e. The Morgan fingerprint density at radius 1 is 1.06 bits per heavy atom. The van der Waals surface area contributed by atoms with Crippen molar-refractivity contribution in [2.75, 3.05) is 0 Å². The molecule has 0 aliphatic heterocycles. The van der Waals surface area contributed by atoms with Crippen LogP contribution in [0.3, 0.4) is 0 Å². The minimum Gasteiger partial charge on any atom is -0.462 e. The molecule has 0 N–H and O–H groups in total. The molecule has 0 amide bonds. The van der Waals surface area contributed by atoms with Crippen molar-refractivity contribution in [3.8, 4) is 0 Å². The maximum atomic E-state index is 13.6. The number of hydrogen-bond acceptors (Lipinski definition) is 3. The first-order valence-corrected chi connectivity index (χ1v) is 13.5. The van der Waals surface area contributed by atoms with Crippen molar-refractivity contribution in [3.05, 3.63) is 11.6 Å². The van der Waals surface area contributed by atoms with Gasteiger partial charge in [-0.3, -0.25) is 9.59 Å². The third-order valence-corrected chi connectivity index (χ3v) is 10.4. The van der Waals surface area contributed by atoms with Crippen molar-refractivity contribution < 1.29 is 14.3 Å². The Morgan fingerprint density at radius 3 is 2.50 bits per heavy atom. The van der Waals surface area contributed by atoms with Crippen molar-refractivity contribution in [3.63, 3.8) is 0 Å². The summed E-state index contributed by atoms with van der Waals surface area (Å²) >= 11 is 0. The van der Waals surface area contributed by atoms with Crippen molar-refractivity contribution in [2.24, 2.45) is 46.3 Å². The molecule has 0 aromatic rings. The minimum atomic E-state index is -0.202. The van der Waals surface area contributed by atoms with Gasteiger partial charge in [0.15, 0.2) is 5.78 Å². The number of carbonyl (C=O) groups is 2. The van der Waals surface area contributed by atoms with Gasteiger partial charge < -0.3 is 4.74 Å². The lowest BCUT2D eigenvalue weighted by Gasteiger charge is -2.57. The molecule has 3 heteroatoms. The number of ether oxygens (including phenoxy) is 1. The number of carbonyl (C=O) groups excluding carboxylic acids is 2. The molecule has 4 aliphatic carbocycles. The minimum absolute atomic E-state index is 0.0485. The first kappa shape index (κ1) is 24.0. The molecule has 4 aliphatic rings. The Morgan fingerprint density at radius 2 is 1.81 bits per heavy atom. The average Bonchev–Trinajstić information content (AvgIpc) is 3.05. The van der Waals surface area contributed by atoms with Gasteiger partial charge in [-0.15, -0.1) is 0 Å². The first-order valence-electron chi connectivity index (χ1n) is 13.5. The highest BCUT2D eigenvalue weighted by Gasteiger charge is 2.61. The maximum Gasteiger partial charge on any atom is 0.302 e. The molecule has 0 radical (unpaired) electrons. The van der Waals surface area contributed by atoms with Crippen LogP contribution in [0, 0.1) is 46.3 Å². The van der Waals surface area contributed by atoms with Crippen LogP contribution in [-0.2, 0) is 14.3 Å². The molecule has 0 aromatic heterocycles. The second kappa shape index (κ2) is 8.91. The van der Waals surface area contributed by atoms with Crippen molar-refractivity contribution in [1.82, 2.24) is 0 Å². The zero-order chi connectivity index (χ0) is 23.3. The summed E-state index contributed by atoms with van der Waals surface area (Å²) in [6.07, 6.45) is 13.7. The zero-order valence-electron chi connectivity index (χ0n) is 21.4. The summed E-state index contributed by atoms with van der Waals surface area (Å²) < 4.78 is 5.54. The monoisotopic (exact) mass is 442 g/mol. The Kier molecular flexibility index (Phi) is 6.69. The SMILES string of the molecule is CC(=O)O[C@H]1CC[C@@]2(C)C(=CC(=O)C3C4CCC([C@@H](C)CCCC(C)C)[C@@]4(C)CCC32)C1. The smallest absolute Gasteiger partial charge is 0.302 e. The summed E-state index contributed by atoms with van der Waals surface area (Å²) in [6, 6.07) is 0. The van der Waals surface area contributed by atoms with E-state index in [-0.39, 0.29) is 23.4 Å². The fourth-order valence-corrected chi connectivity index (χ4v) is 8.73. The summed E-state index contributed by atoms with van der Waals surface area (Å²) in [5.74, 6) is 3.74. The molecule has 8 atom stereocenters. The van der Waals surface area contributed by atoms with Crippen LogP contribution in [-0.4, -0.2) is 17.9 Å². The zero-order valence-corrected chi connectivity index (χ0v) is 21.4. The van der Waals surface area contributed by atoms with Gasteiger partial charge >= 0.3 is 5.97 Å². The fourth-order valence-electron chi connectivity index (χ4n) is 8.73. The molecule has 3 nitrogen and oxygen atoms in total. The molecule has 4 unspecified atom stereocenters. The molecule has 0 aromatic carbocycles. The number of allylic oxidation sites excluding steroid dienone is 1. The number of esters is 1. The molecular weight excluding hydrogens is 396 g/mol. The Labute approximate surface area is 196 Å². The van der Waals surface area contributed by atoms with Gasteiger partial charge in [0, 0.05) is 19.3 Å². The highest BCUT2D eigenvalue weighted by Crippen LogP contribution is 2.66. The Bertz CT molecular complexity index is 766. The predicted molar refractivity (Wildman–Crippen MR) is 129 cm³/mol. The predicted octanol–water partition coefficient (Wildman–Crippen LogP) is 7.14. The van der Waals surface area contributed by atoms with Crippen LogP contribution >= 0.6 is 0 Å². The topological polar surface area (TPSA) is 43.4 Å². The molecule has 3 fully saturated rings. The quantitative estimate of drug-likeness (QED) is 0.411. The number of ketones is 1. The van der Waals surface area contributed by atoms with Crippen molar-refractivity contribution in [2.45, 2.75) is 112 Å². The van der Waals surface area contributed by atoms with Gasteiger partial charge in [-0.1, -0.05) is 59.5 Å². The lowest BCUT2D eigenvalue weighted by atomic mass is 9.46. The van der Waals surface area contributed by atoms with Crippen molar-refractivity contribution in [1.29, 1.82) is 0 Å². The van der Waals surface area contributed by atoms with Crippen LogP contribution in [0.2, 0.25) is 0 Å². The Hall–Kier alpha value is -1.12. The van der Waals surface area contributed by atoms with E-state index in [1.807, 2.05) is 6.08 Å². The van der Waals surface area contributed by atoms with Gasteiger partial charge in [0.05, 0.1) is 0 Å². The number of fused-ring (bicyclic) bond motifs is 5. The molecular formula is C29H46O3. The third kappa shape index (κ3) is 4.11. The van der Waals surface area contributed by atoms with Crippen molar-refractivity contribution >= 4 is 11.8 Å². The van der Waals surface area contributed by atoms with E-state index in [9.17, 15) is 9.59 Å². The van der Waals surface area contributed by atoms with E-state index >= 15 is 0 Å². The third-order valence-electron chi connectivity index (χ3n) is 10.4. The van der Waals surface area contributed by atoms with Gasteiger partial charge in [0.1, 0.15) is 6.10 Å². The molecule has 0 bridgehead atoms. The molecule has 3 saturated carbocycles. The molecule has 0 saturated heterocycles. The van der Waals surface area contributed by atoms with Crippen LogP contribution in [0.4, 0.5) is 0 Å². The normalized spacial score (nSPS) is 42.0. The van der Waals surface area contributed by atoms with E-state index in [2.05, 4.69) is 34.6 Å². The lowest BCUT2D eigenvalue weighted by molar-refractivity contribution is -0.149. The van der Waals surface area contributed by atoms with E-state index in [1.165, 1.54) is 57.4 Å². The standard InChI is InChI=1S/C29H46O3/c1-18(2)8-7-9-19(3)23-10-11-24-27-25(13-15-29(23,24)6)28(5)14-12-22(32-20(4)30)16-21(28)17-26(27)31/h17-19,22-25,27H,7-16H2,1-6H3/t19-,22-,23?,24?,25?,27?,28-,29+/m0/s1. The van der Waals surface area contributed by atoms with Crippen LogP contribution in [0.25, 0.3) is 0 Å². The summed E-state index contributed by atoms with van der Waals surface area (Å²) in [7, 11) is 0. The molecule has 180 valence electrons. The van der Waals surface area contributed by atoms with Crippen LogP contribution in [0.5, 0.6) is 0 Å². The summed E-state index contributed by atoms with van der Waals surface area (Å²) in [5.41, 5.74) is 1.70. The van der Waals surface area contributed by atoms with E-state index in [4.69, 9.17) is 4.74 Å². The fraction of sp³-hybridized carbons (Fsp3) is 0.862. The molecule has 0 heterocycles. The van der Waals surface area contributed by atoms with Gasteiger partial charge in [0.25, 0.3) is 0 Å². The lowest BCUT2D eigenvalue weighted by Crippen LogP contribution is -2.53. The summed E-state index contributed by atoms with van der Waals surface area (Å²) in [4.78, 5) is 25.1. The maximum absolute atomic E-state index is 13.6.